The van der Waals surface area contributed by atoms with Crippen LogP contribution in [0.25, 0.3) is 0 Å². The predicted molar refractivity (Wildman–Crippen MR) is 83.3 cm³/mol. The highest BCUT2D eigenvalue weighted by atomic mass is 16.5. The topological polar surface area (TPSA) is 86.7 Å². The summed E-state index contributed by atoms with van der Waals surface area (Å²) in [6.45, 7) is 4.08. The number of hydrogen-bond donors (Lipinski definition) is 2. The predicted octanol–water partition coefficient (Wildman–Crippen LogP) is 2.79. The van der Waals surface area contributed by atoms with E-state index in [0.29, 0.717) is 28.5 Å². The number of rotatable bonds is 6. The Kier molecular flexibility index (Phi) is 5.06. The zero-order chi connectivity index (χ0) is 16.1. The summed E-state index contributed by atoms with van der Waals surface area (Å²) in [5, 5.41) is 2.80. The maximum atomic E-state index is 12.3. The van der Waals surface area contributed by atoms with Crippen LogP contribution in [0.15, 0.2) is 34.9 Å². The van der Waals surface area contributed by atoms with Crippen LogP contribution in [-0.2, 0) is 6.54 Å². The van der Waals surface area contributed by atoms with Gasteiger partial charge in [0.05, 0.1) is 31.0 Å². The minimum atomic E-state index is -0.301. The fraction of sp³-hybridized carbons (Fsp3) is 0.312. The van der Waals surface area contributed by atoms with Gasteiger partial charge in [0.1, 0.15) is 23.5 Å². The molecule has 22 heavy (non-hydrogen) atoms. The molecule has 0 saturated carbocycles. The van der Waals surface area contributed by atoms with E-state index in [1.54, 1.807) is 31.4 Å². The first-order valence-electron chi connectivity index (χ1n) is 6.97. The summed E-state index contributed by atoms with van der Waals surface area (Å²) in [6, 6.07) is 6.85. The molecule has 0 saturated heterocycles. The molecule has 1 amide bonds. The van der Waals surface area contributed by atoms with Crippen molar-refractivity contribution in [3.8, 4) is 11.5 Å². The Morgan fingerprint density at radius 2 is 2.14 bits per heavy atom. The molecule has 1 aromatic carbocycles. The fourth-order valence-corrected chi connectivity index (χ4v) is 1.89. The molecule has 0 radical (unpaired) electrons. The molecule has 6 nitrogen and oxygen atoms in total. The number of furan rings is 1. The van der Waals surface area contributed by atoms with Crippen molar-refractivity contribution in [2.45, 2.75) is 26.5 Å². The third kappa shape index (κ3) is 3.79. The largest absolute Gasteiger partial charge is 0.497 e. The van der Waals surface area contributed by atoms with Crippen molar-refractivity contribution in [2.24, 2.45) is 5.73 Å². The second-order valence-electron chi connectivity index (χ2n) is 4.99. The Bertz CT molecular complexity index is 649. The Balaban J connectivity index is 2.24. The van der Waals surface area contributed by atoms with Crippen LogP contribution in [-0.4, -0.2) is 19.1 Å². The Hall–Kier alpha value is -2.47. The molecule has 0 atom stereocenters. The van der Waals surface area contributed by atoms with Gasteiger partial charge < -0.3 is 24.9 Å². The molecule has 0 unspecified atom stereocenters. The monoisotopic (exact) mass is 304 g/mol. The number of anilines is 1. The Labute approximate surface area is 129 Å². The van der Waals surface area contributed by atoms with E-state index >= 15 is 0 Å². The number of nitrogens with two attached hydrogens (primary N) is 1. The van der Waals surface area contributed by atoms with Crippen LogP contribution in [0.3, 0.4) is 0 Å². The third-order valence-electron chi connectivity index (χ3n) is 2.91. The van der Waals surface area contributed by atoms with Crippen LogP contribution < -0.4 is 20.5 Å². The molecule has 3 N–H and O–H groups in total. The van der Waals surface area contributed by atoms with Gasteiger partial charge >= 0.3 is 0 Å². The lowest BCUT2D eigenvalue weighted by Gasteiger charge is -2.15. The molecular formula is C16H20N2O4. The van der Waals surface area contributed by atoms with Crippen molar-refractivity contribution >= 4 is 11.6 Å². The summed E-state index contributed by atoms with van der Waals surface area (Å²) in [7, 11) is 1.56. The summed E-state index contributed by atoms with van der Waals surface area (Å²) < 4.78 is 16.0. The van der Waals surface area contributed by atoms with Crippen LogP contribution in [0, 0.1) is 0 Å². The van der Waals surface area contributed by atoms with Gasteiger partial charge in [-0.25, -0.2) is 0 Å². The van der Waals surface area contributed by atoms with E-state index in [9.17, 15) is 4.79 Å². The fourth-order valence-electron chi connectivity index (χ4n) is 1.89. The number of carbonyl (C=O) groups excluding carboxylic acids is 1. The maximum Gasteiger partial charge on any atom is 0.259 e. The van der Waals surface area contributed by atoms with Gasteiger partial charge in [-0.2, -0.15) is 0 Å². The van der Waals surface area contributed by atoms with Crippen LogP contribution >= 0.6 is 0 Å². The van der Waals surface area contributed by atoms with Gasteiger partial charge in [0.25, 0.3) is 5.91 Å². The summed E-state index contributed by atoms with van der Waals surface area (Å²) in [6.07, 6.45) is 1.36. The average Bonchev–Trinajstić information content (AvgIpc) is 2.97. The van der Waals surface area contributed by atoms with Crippen molar-refractivity contribution in [3.05, 3.63) is 41.9 Å². The summed E-state index contributed by atoms with van der Waals surface area (Å²) >= 11 is 0. The number of methoxy groups -OCH3 is 1. The van der Waals surface area contributed by atoms with Crippen LogP contribution in [0.4, 0.5) is 5.69 Å². The van der Waals surface area contributed by atoms with E-state index in [0.717, 1.165) is 0 Å². The maximum absolute atomic E-state index is 12.3. The molecule has 0 aliphatic carbocycles. The lowest BCUT2D eigenvalue weighted by molar-refractivity contribution is 0.102. The lowest BCUT2D eigenvalue weighted by atomic mass is 10.2. The zero-order valence-electron chi connectivity index (χ0n) is 12.9. The minimum absolute atomic E-state index is 0.0122. The molecule has 1 aromatic heterocycles. The number of nitrogens with one attached hydrogen (secondary N) is 1. The summed E-state index contributed by atoms with van der Waals surface area (Å²) in [5.41, 5.74) is 6.41. The average molecular weight is 304 g/mol. The van der Waals surface area contributed by atoms with Gasteiger partial charge in [0.15, 0.2) is 0 Å². The van der Waals surface area contributed by atoms with E-state index < -0.39 is 0 Å². The number of amides is 1. The quantitative estimate of drug-likeness (QED) is 0.857. The van der Waals surface area contributed by atoms with Crippen LogP contribution in [0.1, 0.15) is 30.0 Å². The molecule has 0 bridgehead atoms. The normalized spacial score (nSPS) is 10.6. The highest BCUT2D eigenvalue weighted by Crippen LogP contribution is 2.30. The van der Waals surface area contributed by atoms with E-state index in [-0.39, 0.29) is 18.6 Å². The van der Waals surface area contributed by atoms with E-state index in [1.165, 1.54) is 6.26 Å². The summed E-state index contributed by atoms with van der Waals surface area (Å²) in [5.74, 6) is 1.45. The molecule has 6 heteroatoms. The molecule has 2 aromatic rings. The van der Waals surface area contributed by atoms with Crippen LogP contribution in [0.5, 0.6) is 11.5 Å². The molecule has 2 rings (SSSR count). The molecule has 0 aliphatic rings. The van der Waals surface area contributed by atoms with Crippen molar-refractivity contribution in [1.82, 2.24) is 0 Å². The van der Waals surface area contributed by atoms with Crippen LogP contribution in [0.2, 0.25) is 0 Å². The van der Waals surface area contributed by atoms with Crippen molar-refractivity contribution in [2.75, 3.05) is 12.4 Å². The second kappa shape index (κ2) is 7.00. The van der Waals surface area contributed by atoms with Gasteiger partial charge in [-0.3, -0.25) is 4.79 Å². The number of carbonyl (C=O) groups is 1. The number of benzene rings is 1. The van der Waals surface area contributed by atoms with Crippen molar-refractivity contribution in [3.63, 3.8) is 0 Å². The molecule has 0 aliphatic heterocycles. The molecule has 0 spiro atoms. The first-order chi connectivity index (χ1) is 10.5. The summed E-state index contributed by atoms with van der Waals surface area (Å²) in [4.78, 5) is 12.3. The Morgan fingerprint density at radius 3 is 2.73 bits per heavy atom. The first-order valence-corrected chi connectivity index (χ1v) is 6.97. The zero-order valence-corrected chi connectivity index (χ0v) is 12.9. The minimum Gasteiger partial charge on any atom is -0.497 e. The van der Waals surface area contributed by atoms with E-state index in [2.05, 4.69) is 5.32 Å². The molecular weight excluding hydrogens is 284 g/mol. The number of ether oxygens (including phenoxy) is 2. The smallest absolute Gasteiger partial charge is 0.259 e. The standard InChI is InChI=1S/C16H20N2O4/c1-10(2)22-15-5-4-12(20-3)7-14(15)18-16(19)11-6-13(8-17)21-9-11/h4-7,9-10H,8,17H2,1-3H3,(H,18,19). The highest BCUT2D eigenvalue weighted by Gasteiger charge is 2.14. The SMILES string of the molecule is COc1ccc(OC(C)C)c(NC(=O)c2coc(CN)c2)c1. The van der Waals surface area contributed by atoms with Crippen molar-refractivity contribution in [1.29, 1.82) is 0 Å². The molecule has 118 valence electrons. The first kappa shape index (κ1) is 15.9. The van der Waals surface area contributed by atoms with Crippen molar-refractivity contribution < 1.29 is 18.7 Å². The van der Waals surface area contributed by atoms with Gasteiger partial charge in [-0.15, -0.1) is 0 Å². The van der Waals surface area contributed by atoms with E-state index in [1.807, 2.05) is 13.8 Å². The lowest BCUT2D eigenvalue weighted by Crippen LogP contribution is -2.14. The number of hydrogen-bond acceptors (Lipinski definition) is 5. The van der Waals surface area contributed by atoms with Gasteiger partial charge in [-0.1, -0.05) is 0 Å². The Morgan fingerprint density at radius 1 is 1.36 bits per heavy atom. The second-order valence-corrected chi connectivity index (χ2v) is 4.99. The van der Waals surface area contributed by atoms with Gasteiger partial charge in [0, 0.05) is 6.07 Å². The van der Waals surface area contributed by atoms with E-state index in [4.69, 9.17) is 19.6 Å². The molecule has 1 heterocycles. The molecule has 0 fully saturated rings. The van der Waals surface area contributed by atoms with Gasteiger partial charge in [0.2, 0.25) is 0 Å². The highest BCUT2D eigenvalue weighted by molar-refractivity contribution is 6.05. The third-order valence-corrected chi connectivity index (χ3v) is 2.91. The van der Waals surface area contributed by atoms with Gasteiger partial charge in [-0.05, 0) is 32.0 Å².